The highest BCUT2D eigenvalue weighted by Gasteiger charge is 2.30. The van der Waals surface area contributed by atoms with Gasteiger partial charge in [-0.3, -0.25) is 10.2 Å². The molecule has 0 aromatic heterocycles. The van der Waals surface area contributed by atoms with Crippen LogP contribution in [0.4, 0.5) is 11.4 Å². The number of carbonyl (C=O) groups excluding carboxylic acids is 1. The van der Waals surface area contributed by atoms with E-state index in [9.17, 15) is 9.90 Å². The lowest BCUT2D eigenvalue weighted by Gasteiger charge is -2.23. The van der Waals surface area contributed by atoms with Crippen LogP contribution in [0.15, 0.2) is 18.2 Å². The zero-order valence-electron chi connectivity index (χ0n) is 14.0. The van der Waals surface area contributed by atoms with E-state index in [4.69, 9.17) is 11.8 Å². The van der Waals surface area contributed by atoms with Gasteiger partial charge < -0.3 is 20.2 Å². The molecule has 6 heteroatoms. The van der Waals surface area contributed by atoms with Crippen molar-refractivity contribution in [3.63, 3.8) is 0 Å². The summed E-state index contributed by atoms with van der Waals surface area (Å²) in [6, 6.07) is 5.78. The Labute approximate surface area is 143 Å². The van der Waals surface area contributed by atoms with Gasteiger partial charge in [-0.1, -0.05) is 5.92 Å². The minimum absolute atomic E-state index is 0.0118. The fourth-order valence-corrected chi connectivity index (χ4v) is 2.90. The fourth-order valence-electron chi connectivity index (χ4n) is 2.90. The first kappa shape index (κ1) is 18.0. The Hall–Kier alpha value is -2.36. The molecule has 6 nitrogen and oxygen atoms in total. The van der Waals surface area contributed by atoms with Gasteiger partial charge in [0.2, 0.25) is 5.91 Å². The first-order valence-corrected chi connectivity index (χ1v) is 8.04. The Bertz CT molecular complexity index is 638. The number of nitrogens with one attached hydrogen (secondary N) is 2. The lowest BCUT2D eigenvalue weighted by molar-refractivity contribution is -0.117. The van der Waals surface area contributed by atoms with Crippen LogP contribution < -0.4 is 15.1 Å². The van der Waals surface area contributed by atoms with Crippen molar-refractivity contribution in [2.24, 2.45) is 5.92 Å². The first-order valence-electron chi connectivity index (χ1n) is 8.04. The normalized spacial score (nSPS) is 17.0. The third-order valence-electron chi connectivity index (χ3n) is 4.18. The molecule has 1 aromatic rings. The van der Waals surface area contributed by atoms with Crippen LogP contribution in [-0.4, -0.2) is 50.1 Å². The van der Waals surface area contributed by atoms with Crippen LogP contribution in [0.1, 0.15) is 12.0 Å². The molecule has 1 aliphatic rings. The van der Waals surface area contributed by atoms with Gasteiger partial charge in [-0.25, -0.2) is 0 Å². The molecule has 1 aromatic carbocycles. The Morgan fingerprint density at radius 3 is 2.96 bits per heavy atom. The number of carbonyl (C=O) groups is 1. The third-order valence-corrected chi connectivity index (χ3v) is 4.18. The quantitative estimate of drug-likeness (QED) is 0.288. The van der Waals surface area contributed by atoms with Gasteiger partial charge in [-0.2, -0.15) is 0 Å². The predicted molar refractivity (Wildman–Crippen MR) is 96.6 cm³/mol. The molecule has 1 amide bonds. The fraction of sp³-hybridized carbons (Fsp3) is 0.444. The smallest absolute Gasteiger partial charge is 0.227 e. The zero-order chi connectivity index (χ0) is 17.5. The number of hydrogen-bond donors (Lipinski definition) is 3. The van der Waals surface area contributed by atoms with Crippen LogP contribution in [0.2, 0.25) is 0 Å². The van der Waals surface area contributed by atoms with Crippen molar-refractivity contribution in [2.75, 3.05) is 42.6 Å². The third kappa shape index (κ3) is 4.13. The molecule has 1 saturated heterocycles. The van der Waals surface area contributed by atoms with E-state index in [1.165, 1.54) is 6.34 Å². The molecule has 1 fully saturated rings. The first-order chi connectivity index (χ1) is 11.6. The van der Waals surface area contributed by atoms with Gasteiger partial charge in [-0.15, -0.1) is 6.42 Å². The molecule has 3 N–H and O–H groups in total. The van der Waals surface area contributed by atoms with Crippen LogP contribution >= 0.6 is 0 Å². The van der Waals surface area contributed by atoms with E-state index in [0.717, 1.165) is 16.9 Å². The number of amides is 1. The van der Waals surface area contributed by atoms with Gasteiger partial charge in [-0.05, 0) is 30.7 Å². The summed E-state index contributed by atoms with van der Waals surface area (Å²) in [5.41, 5.74) is 2.77. The lowest BCUT2D eigenvalue weighted by Crippen LogP contribution is -2.31. The molecule has 0 aliphatic carbocycles. The summed E-state index contributed by atoms with van der Waals surface area (Å²) in [5, 5.41) is 20.0. The number of aliphatic hydroxyl groups excluding tert-OH is 1. The Kier molecular flexibility index (Phi) is 6.36. The van der Waals surface area contributed by atoms with Crippen molar-refractivity contribution >= 4 is 23.6 Å². The molecular formula is C18H24N4O2. The van der Waals surface area contributed by atoms with E-state index < -0.39 is 0 Å². The average molecular weight is 328 g/mol. The summed E-state index contributed by atoms with van der Waals surface area (Å²) in [4.78, 5) is 15.6. The molecule has 1 aliphatic heterocycles. The largest absolute Gasteiger partial charge is 0.396 e. The molecule has 0 saturated carbocycles. The van der Waals surface area contributed by atoms with Crippen molar-refractivity contribution in [3.05, 3.63) is 23.8 Å². The van der Waals surface area contributed by atoms with Gasteiger partial charge >= 0.3 is 0 Å². The van der Waals surface area contributed by atoms with E-state index in [-0.39, 0.29) is 18.4 Å². The average Bonchev–Trinajstić information content (AvgIpc) is 2.96. The SMILES string of the molecule is C#CCNCCN(C=N)c1ccc(N2CC(CO)CC2=O)cc1C. The molecule has 128 valence electrons. The number of terminal acetylenes is 1. The second-order valence-electron chi connectivity index (χ2n) is 5.93. The van der Waals surface area contributed by atoms with Crippen LogP contribution in [0.5, 0.6) is 0 Å². The predicted octanol–water partition coefficient (Wildman–Crippen LogP) is 0.976. The van der Waals surface area contributed by atoms with Gasteiger partial charge in [0.25, 0.3) is 0 Å². The number of nitrogens with zero attached hydrogens (tertiary/aromatic N) is 2. The highest BCUT2D eigenvalue weighted by Crippen LogP contribution is 2.29. The summed E-state index contributed by atoms with van der Waals surface area (Å²) >= 11 is 0. The summed E-state index contributed by atoms with van der Waals surface area (Å²) in [7, 11) is 0. The monoisotopic (exact) mass is 328 g/mol. The van der Waals surface area contributed by atoms with E-state index in [1.54, 1.807) is 4.90 Å². The van der Waals surface area contributed by atoms with Crippen LogP contribution in [0.3, 0.4) is 0 Å². The van der Waals surface area contributed by atoms with Crippen molar-refractivity contribution < 1.29 is 9.90 Å². The minimum atomic E-state index is 0.0118. The van der Waals surface area contributed by atoms with Crippen molar-refractivity contribution in [1.29, 1.82) is 5.41 Å². The standard InChI is InChI=1S/C18H24N4O2/c1-3-6-20-7-8-21(13-19)17-5-4-16(9-14(17)2)22-11-15(12-23)10-18(22)24/h1,4-5,9,13,15,19-20,23H,6-8,10-12H2,2H3. The Balaban J connectivity index is 2.10. The Morgan fingerprint density at radius 1 is 1.58 bits per heavy atom. The number of rotatable bonds is 8. The molecular weight excluding hydrogens is 304 g/mol. The minimum Gasteiger partial charge on any atom is -0.396 e. The summed E-state index contributed by atoms with van der Waals surface area (Å²) < 4.78 is 0. The number of hydrogen-bond acceptors (Lipinski definition) is 4. The maximum Gasteiger partial charge on any atom is 0.227 e. The van der Waals surface area contributed by atoms with E-state index >= 15 is 0 Å². The van der Waals surface area contributed by atoms with Gasteiger partial charge in [0.1, 0.15) is 0 Å². The molecule has 0 spiro atoms. The summed E-state index contributed by atoms with van der Waals surface area (Å²) in [6.07, 6.45) is 6.89. The van der Waals surface area contributed by atoms with Gasteiger partial charge in [0, 0.05) is 50.0 Å². The topological polar surface area (TPSA) is 79.7 Å². The van der Waals surface area contributed by atoms with Crippen molar-refractivity contribution in [1.82, 2.24) is 5.32 Å². The van der Waals surface area contributed by atoms with Crippen molar-refractivity contribution in [3.8, 4) is 12.3 Å². The maximum absolute atomic E-state index is 12.1. The molecule has 1 unspecified atom stereocenters. The molecule has 0 radical (unpaired) electrons. The summed E-state index contributed by atoms with van der Waals surface area (Å²) in [5.74, 6) is 2.58. The van der Waals surface area contributed by atoms with E-state index in [0.29, 0.717) is 32.6 Å². The van der Waals surface area contributed by atoms with Crippen LogP contribution in [-0.2, 0) is 4.79 Å². The molecule has 2 rings (SSSR count). The molecule has 1 atom stereocenters. The van der Waals surface area contributed by atoms with Crippen LogP contribution in [0.25, 0.3) is 0 Å². The second-order valence-corrected chi connectivity index (χ2v) is 5.93. The molecule has 0 bridgehead atoms. The van der Waals surface area contributed by atoms with E-state index in [1.807, 2.05) is 30.0 Å². The lowest BCUT2D eigenvalue weighted by atomic mass is 10.1. The highest BCUT2D eigenvalue weighted by molar-refractivity contribution is 5.96. The number of anilines is 2. The van der Waals surface area contributed by atoms with Gasteiger partial charge in [0.05, 0.1) is 12.9 Å². The van der Waals surface area contributed by atoms with Gasteiger partial charge in [0.15, 0.2) is 0 Å². The highest BCUT2D eigenvalue weighted by atomic mass is 16.3. The Morgan fingerprint density at radius 2 is 2.38 bits per heavy atom. The summed E-state index contributed by atoms with van der Waals surface area (Å²) in [6.45, 7) is 4.38. The number of benzene rings is 1. The molecule has 24 heavy (non-hydrogen) atoms. The zero-order valence-corrected chi connectivity index (χ0v) is 14.0. The maximum atomic E-state index is 12.1. The number of aliphatic hydroxyl groups is 1. The molecule has 1 heterocycles. The number of aryl methyl sites for hydroxylation is 1. The van der Waals surface area contributed by atoms with Crippen molar-refractivity contribution in [2.45, 2.75) is 13.3 Å². The second kappa shape index (κ2) is 8.48. The van der Waals surface area contributed by atoms with Crippen LogP contribution in [0, 0.1) is 30.6 Å². The van der Waals surface area contributed by atoms with E-state index in [2.05, 4.69) is 11.2 Å².